The molecule has 5 heteroatoms. The Hall–Kier alpha value is -2.37. The van der Waals surface area contributed by atoms with Crippen LogP contribution in [0.25, 0.3) is 22.4 Å². The molecule has 1 aliphatic rings. The van der Waals surface area contributed by atoms with Crippen LogP contribution in [0.15, 0.2) is 48.5 Å². The van der Waals surface area contributed by atoms with Crippen molar-refractivity contribution in [2.75, 3.05) is 46.4 Å². The van der Waals surface area contributed by atoms with E-state index in [2.05, 4.69) is 27.9 Å². The fraction of sp³-hybridized carbons (Fsp3) is 0.350. The third-order valence-corrected chi connectivity index (χ3v) is 4.79. The number of ether oxygens (including phenoxy) is 1. The Balaban J connectivity index is 1.45. The summed E-state index contributed by atoms with van der Waals surface area (Å²) in [4.78, 5) is 12.9. The van der Waals surface area contributed by atoms with Gasteiger partial charge in [-0.05, 0) is 31.3 Å². The SMILES string of the molecule is CN1CCN(CCOc2ccccc2-c2nc3ccccc3[nH]2)CC1. The Labute approximate surface area is 148 Å². The third kappa shape index (κ3) is 3.67. The van der Waals surface area contributed by atoms with Gasteiger partial charge in [0.15, 0.2) is 0 Å². The smallest absolute Gasteiger partial charge is 0.142 e. The van der Waals surface area contributed by atoms with Crippen molar-refractivity contribution < 1.29 is 4.74 Å². The molecule has 0 spiro atoms. The van der Waals surface area contributed by atoms with E-state index in [4.69, 9.17) is 9.72 Å². The topological polar surface area (TPSA) is 44.4 Å². The van der Waals surface area contributed by atoms with E-state index in [0.29, 0.717) is 6.61 Å². The second kappa shape index (κ2) is 7.25. The predicted octanol–water partition coefficient (Wildman–Crippen LogP) is 2.86. The van der Waals surface area contributed by atoms with Crippen LogP contribution in [0, 0.1) is 0 Å². The minimum atomic E-state index is 0.695. The van der Waals surface area contributed by atoms with Crippen LogP contribution >= 0.6 is 0 Å². The van der Waals surface area contributed by atoms with Crippen LogP contribution in [0.1, 0.15) is 0 Å². The first-order valence-electron chi connectivity index (χ1n) is 8.87. The van der Waals surface area contributed by atoms with Crippen molar-refractivity contribution in [3.05, 3.63) is 48.5 Å². The number of aromatic nitrogens is 2. The molecule has 1 saturated heterocycles. The number of rotatable bonds is 5. The van der Waals surface area contributed by atoms with Gasteiger partial charge in [-0.25, -0.2) is 4.98 Å². The molecule has 1 N–H and O–H groups in total. The molecule has 1 aromatic heterocycles. The number of hydrogen-bond acceptors (Lipinski definition) is 4. The molecule has 0 bridgehead atoms. The summed E-state index contributed by atoms with van der Waals surface area (Å²) in [5, 5.41) is 0. The van der Waals surface area contributed by atoms with Crippen molar-refractivity contribution >= 4 is 11.0 Å². The number of likely N-dealkylation sites (N-methyl/N-ethyl adjacent to an activating group) is 1. The molecule has 0 amide bonds. The number of benzene rings is 2. The van der Waals surface area contributed by atoms with Crippen LogP contribution in [-0.4, -0.2) is 66.1 Å². The third-order valence-electron chi connectivity index (χ3n) is 4.79. The second-order valence-electron chi connectivity index (χ2n) is 6.59. The molecular formula is C20H24N4O. The van der Waals surface area contributed by atoms with Gasteiger partial charge in [-0.1, -0.05) is 24.3 Å². The zero-order valence-corrected chi connectivity index (χ0v) is 14.6. The van der Waals surface area contributed by atoms with Gasteiger partial charge < -0.3 is 14.6 Å². The summed E-state index contributed by atoms with van der Waals surface area (Å²) in [6.45, 7) is 6.16. The van der Waals surface area contributed by atoms with E-state index in [1.54, 1.807) is 0 Å². The lowest BCUT2D eigenvalue weighted by atomic mass is 10.2. The first-order valence-corrected chi connectivity index (χ1v) is 8.87. The van der Waals surface area contributed by atoms with Crippen molar-refractivity contribution in [1.29, 1.82) is 0 Å². The van der Waals surface area contributed by atoms with Gasteiger partial charge in [0, 0.05) is 32.7 Å². The van der Waals surface area contributed by atoms with Gasteiger partial charge in [0.25, 0.3) is 0 Å². The Morgan fingerprint density at radius 2 is 1.76 bits per heavy atom. The molecule has 0 aliphatic carbocycles. The maximum Gasteiger partial charge on any atom is 0.142 e. The van der Waals surface area contributed by atoms with Crippen LogP contribution in [0.3, 0.4) is 0 Å². The van der Waals surface area contributed by atoms with Gasteiger partial charge >= 0.3 is 0 Å². The van der Waals surface area contributed by atoms with Gasteiger partial charge in [-0.15, -0.1) is 0 Å². The fourth-order valence-electron chi connectivity index (χ4n) is 3.22. The summed E-state index contributed by atoms with van der Waals surface area (Å²) in [6, 6.07) is 16.2. The summed E-state index contributed by atoms with van der Waals surface area (Å²) in [7, 11) is 2.18. The Morgan fingerprint density at radius 3 is 2.60 bits per heavy atom. The van der Waals surface area contributed by atoms with Crippen LogP contribution in [0.4, 0.5) is 0 Å². The first kappa shape index (κ1) is 16.1. The largest absolute Gasteiger partial charge is 0.491 e. The number of H-pyrrole nitrogens is 1. The van der Waals surface area contributed by atoms with Crippen molar-refractivity contribution in [2.24, 2.45) is 0 Å². The number of piperazine rings is 1. The first-order chi connectivity index (χ1) is 12.3. The van der Waals surface area contributed by atoms with E-state index in [0.717, 1.165) is 60.9 Å². The Bertz CT molecular complexity index is 803. The molecule has 25 heavy (non-hydrogen) atoms. The van der Waals surface area contributed by atoms with Crippen LogP contribution in [0.5, 0.6) is 5.75 Å². The molecule has 0 unspecified atom stereocenters. The van der Waals surface area contributed by atoms with E-state index < -0.39 is 0 Å². The second-order valence-corrected chi connectivity index (χ2v) is 6.59. The summed E-state index contributed by atoms with van der Waals surface area (Å²) < 4.78 is 6.10. The normalized spacial score (nSPS) is 16.4. The van der Waals surface area contributed by atoms with Gasteiger partial charge in [0.1, 0.15) is 18.2 Å². The summed E-state index contributed by atoms with van der Waals surface area (Å²) in [5.41, 5.74) is 3.03. The maximum absolute atomic E-state index is 6.10. The summed E-state index contributed by atoms with van der Waals surface area (Å²) >= 11 is 0. The summed E-state index contributed by atoms with van der Waals surface area (Å²) in [6.07, 6.45) is 0. The van der Waals surface area contributed by atoms with E-state index in [-0.39, 0.29) is 0 Å². The molecular weight excluding hydrogens is 312 g/mol. The van der Waals surface area contributed by atoms with Gasteiger partial charge in [-0.3, -0.25) is 4.90 Å². The maximum atomic E-state index is 6.10. The Kier molecular flexibility index (Phi) is 4.68. The number of nitrogens with one attached hydrogen (secondary N) is 1. The lowest BCUT2D eigenvalue weighted by molar-refractivity contribution is 0.134. The zero-order valence-electron chi connectivity index (χ0n) is 14.6. The fourth-order valence-corrected chi connectivity index (χ4v) is 3.22. The van der Waals surface area contributed by atoms with Crippen LogP contribution < -0.4 is 4.74 Å². The average molecular weight is 336 g/mol. The minimum absolute atomic E-state index is 0.695. The molecule has 1 aliphatic heterocycles. The van der Waals surface area contributed by atoms with E-state index in [1.807, 2.05) is 42.5 Å². The molecule has 3 aromatic rings. The molecule has 130 valence electrons. The van der Waals surface area contributed by atoms with Crippen molar-refractivity contribution in [3.63, 3.8) is 0 Å². The molecule has 0 radical (unpaired) electrons. The zero-order chi connectivity index (χ0) is 17.1. The lowest BCUT2D eigenvalue weighted by Crippen LogP contribution is -2.45. The number of aromatic amines is 1. The Morgan fingerprint density at radius 1 is 1.00 bits per heavy atom. The molecule has 2 aromatic carbocycles. The molecule has 4 rings (SSSR count). The summed E-state index contributed by atoms with van der Waals surface area (Å²) in [5.74, 6) is 1.74. The quantitative estimate of drug-likeness (QED) is 0.778. The molecule has 5 nitrogen and oxygen atoms in total. The number of para-hydroxylation sites is 3. The molecule has 1 fully saturated rings. The molecule has 0 atom stereocenters. The minimum Gasteiger partial charge on any atom is -0.491 e. The highest BCUT2D eigenvalue weighted by Gasteiger charge is 2.14. The van der Waals surface area contributed by atoms with Gasteiger partial charge in [0.05, 0.1) is 16.6 Å². The van der Waals surface area contributed by atoms with Gasteiger partial charge in [-0.2, -0.15) is 0 Å². The van der Waals surface area contributed by atoms with E-state index >= 15 is 0 Å². The van der Waals surface area contributed by atoms with Crippen LogP contribution in [-0.2, 0) is 0 Å². The van der Waals surface area contributed by atoms with Crippen molar-refractivity contribution in [3.8, 4) is 17.1 Å². The standard InChI is InChI=1S/C20H24N4O/c1-23-10-12-24(13-11-23)14-15-25-19-9-5-2-6-16(19)20-21-17-7-3-4-8-18(17)22-20/h2-9H,10-15H2,1H3,(H,21,22). The van der Waals surface area contributed by atoms with Crippen LogP contribution in [0.2, 0.25) is 0 Å². The predicted molar refractivity (Wildman–Crippen MR) is 101 cm³/mol. The molecule has 0 saturated carbocycles. The van der Waals surface area contributed by atoms with E-state index in [1.165, 1.54) is 0 Å². The highest BCUT2D eigenvalue weighted by molar-refractivity contribution is 5.80. The monoisotopic (exact) mass is 336 g/mol. The average Bonchev–Trinajstić information content (AvgIpc) is 3.08. The van der Waals surface area contributed by atoms with Crippen molar-refractivity contribution in [1.82, 2.24) is 19.8 Å². The highest BCUT2D eigenvalue weighted by Crippen LogP contribution is 2.29. The van der Waals surface area contributed by atoms with Crippen molar-refractivity contribution in [2.45, 2.75) is 0 Å². The van der Waals surface area contributed by atoms with Gasteiger partial charge in [0.2, 0.25) is 0 Å². The number of hydrogen-bond donors (Lipinski definition) is 1. The number of nitrogens with zero attached hydrogens (tertiary/aromatic N) is 3. The number of fused-ring (bicyclic) bond motifs is 1. The highest BCUT2D eigenvalue weighted by atomic mass is 16.5. The lowest BCUT2D eigenvalue weighted by Gasteiger charge is -2.32. The number of imidazole rings is 1. The van der Waals surface area contributed by atoms with E-state index in [9.17, 15) is 0 Å². The molecule has 2 heterocycles.